The maximum absolute atomic E-state index is 6.23. The number of hydrogen-bond acceptors (Lipinski definition) is 3. The number of rotatable bonds is 8. The average Bonchev–Trinajstić information content (AvgIpc) is 2.92. The SMILES string of the molecule is C=CC(C)(CNCCOC)Cc1cc(Cl)cc2c1OCC2. The lowest BCUT2D eigenvalue weighted by Gasteiger charge is -2.27. The lowest BCUT2D eigenvalue weighted by molar-refractivity contribution is 0.195. The summed E-state index contributed by atoms with van der Waals surface area (Å²) in [5.41, 5.74) is 2.35. The Morgan fingerprint density at radius 2 is 2.33 bits per heavy atom. The highest BCUT2D eigenvalue weighted by atomic mass is 35.5. The van der Waals surface area contributed by atoms with E-state index in [1.54, 1.807) is 7.11 Å². The molecule has 1 heterocycles. The summed E-state index contributed by atoms with van der Waals surface area (Å²) >= 11 is 6.23. The van der Waals surface area contributed by atoms with Crippen LogP contribution in [0.5, 0.6) is 5.75 Å². The number of ether oxygens (including phenoxy) is 2. The standard InChI is InChI=1S/C17H24ClNO2/c1-4-17(2,12-19-6-8-20-3)11-14-10-15(18)9-13-5-7-21-16(13)14/h4,9-10,19H,1,5-8,11-12H2,2-3H3. The fourth-order valence-electron chi connectivity index (χ4n) is 2.67. The van der Waals surface area contributed by atoms with Gasteiger partial charge in [-0.3, -0.25) is 0 Å². The van der Waals surface area contributed by atoms with Crippen molar-refractivity contribution in [2.75, 3.05) is 33.4 Å². The molecule has 0 fully saturated rings. The van der Waals surface area contributed by atoms with E-state index in [-0.39, 0.29) is 5.41 Å². The molecule has 21 heavy (non-hydrogen) atoms. The molecule has 1 aliphatic rings. The van der Waals surface area contributed by atoms with Gasteiger partial charge in [-0.05, 0) is 29.7 Å². The van der Waals surface area contributed by atoms with Gasteiger partial charge in [-0.25, -0.2) is 0 Å². The number of benzene rings is 1. The summed E-state index contributed by atoms with van der Waals surface area (Å²) in [6, 6.07) is 4.03. The van der Waals surface area contributed by atoms with Crippen molar-refractivity contribution in [3.8, 4) is 5.75 Å². The average molecular weight is 310 g/mol. The second-order valence-corrected chi connectivity index (χ2v) is 6.29. The van der Waals surface area contributed by atoms with Crippen molar-refractivity contribution in [2.24, 2.45) is 5.41 Å². The zero-order chi connectivity index (χ0) is 15.3. The van der Waals surface area contributed by atoms with Crippen LogP contribution in [-0.4, -0.2) is 33.4 Å². The molecule has 0 bridgehead atoms. The Morgan fingerprint density at radius 1 is 1.52 bits per heavy atom. The molecule has 0 saturated heterocycles. The van der Waals surface area contributed by atoms with Crippen LogP contribution in [0.2, 0.25) is 5.02 Å². The fraction of sp³-hybridized carbons (Fsp3) is 0.529. The molecule has 1 atom stereocenters. The molecule has 116 valence electrons. The maximum atomic E-state index is 6.23. The lowest BCUT2D eigenvalue weighted by atomic mass is 9.83. The molecule has 1 N–H and O–H groups in total. The Labute approximate surface area is 132 Å². The third kappa shape index (κ3) is 4.22. The van der Waals surface area contributed by atoms with Gasteiger partial charge >= 0.3 is 0 Å². The Morgan fingerprint density at radius 3 is 3.05 bits per heavy atom. The summed E-state index contributed by atoms with van der Waals surface area (Å²) < 4.78 is 10.8. The van der Waals surface area contributed by atoms with E-state index in [1.807, 2.05) is 18.2 Å². The van der Waals surface area contributed by atoms with E-state index in [2.05, 4.69) is 18.8 Å². The van der Waals surface area contributed by atoms with Gasteiger partial charge in [-0.2, -0.15) is 0 Å². The summed E-state index contributed by atoms with van der Waals surface area (Å²) in [7, 11) is 1.71. The first-order chi connectivity index (χ1) is 10.1. The molecule has 0 amide bonds. The van der Waals surface area contributed by atoms with Crippen molar-refractivity contribution >= 4 is 11.6 Å². The van der Waals surface area contributed by atoms with Crippen LogP contribution in [0.15, 0.2) is 24.8 Å². The van der Waals surface area contributed by atoms with Crippen LogP contribution >= 0.6 is 11.6 Å². The van der Waals surface area contributed by atoms with Gasteiger partial charge in [0, 0.05) is 37.1 Å². The highest BCUT2D eigenvalue weighted by molar-refractivity contribution is 6.30. The molecule has 1 aromatic rings. The van der Waals surface area contributed by atoms with E-state index in [0.717, 1.165) is 43.3 Å². The van der Waals surface area contributed by atoms with Crippen molar-refractivity contribution in [1.29, 1.82) is 0 Å². The zero-order valence-corrected chi connectivity index (χ0v) is 13.6. The number of fused-ring (bicyclic) bond motifs is 1. The minimum absolute atomic E-state index is 0.0435. The minimum atomic E-state index is -0.0435. The summed E-state index contributed by atoms with van der Waals surface area (Å²) in [5.74, 6) is 1.02. The molecule has 3 nitrogen and oxygen atoms in total. The van der Waals surface area contributed by atoms with Crippen molar-refractivity contribution in [3.05, 3.63) is 40.9 Å². The normalized spacial score (nSPS) is 16.1. The predicted octanol–water partition coefficient (Wildman–Crippen LogP) is 3.25. The summed E-state index contributed by atoms with van der Waals surface area (Å²) in [5, 5.41) is 4.20. The molecule has 1 aromatic carbocycles. The molecular weight excluding hydrogens is 286 g/mol. The van der Waals surface area contributed by atoms with Crippen LogP contribution < -0.4 is 10.1 Å². The number of hydrogen-bond donors (Lipinski definition) is 1. The van der Waals surface area contributed by atoms with Crippen molar-refractivity contribution in [1.82, 2.24) is 5.32 Å². The molecule has 0 aliphatic carbocycles. The smallest absolute Gasteiger partial charge is 0.125 e. The topological polar surface area (TPSA) is 30.5 Å². The predicted molar refractivity (Wildman–Crippen MR) is 87.4 cm³/mol. The molecule has 4 heteroatoms. The van der Waals surface area contributed by atoms with E-state index in [1.165, 1.54) is 11.1 Å². The van der Waals surface area contributed by atoms with Crippen LogP contribution in [0.4, 0.5) is 0 Å². The minimum Gasteiger partial charge on any atom is -0.493 e. The van der Waals surface area contributed by atoms with Gasteiger partial charge in [0.15, 0.2) is 0 Å². The Bertz CT molecular complexity index is 504. The maximum Gasteiger partial charge on any atom is 0.125 e. The second-order valence-electron chi connectivity index (χ2n) is 5.86. The second kappa shape index (κ2) is 7.30. The van der Waals surface area contributed by atoms with Gasteiger partial charge in [0.1, 0.15) is 5.75 Å². The molecule has 0 radical (unpaired) electrons. The van der Waals surface area contributed by atoms with E-state index in [9.17, 15) is 0 Å². The van der Waals surface area contributed by atoms with Crippen LogP contribution in [0.25, 0.3) is 0 Å². The number of nitrogens with one attached hydrogen (secondary N) is 1. The van der Waals surface area contributed by atoms with E-state index in [4.69, 9.17) is 21.1 Å². The van der Waals surface area contributed by atoms with E-state index < -0.39 is 0 Å². The van der Waals surface area contributed by atoms with Gasteiger partial charge in [0.05, 0.1) is 13.2 Å². The van der Waals surface area contributed by atoms with Gasteiger partial charge in [-0.1, -0.05) is 24.6 Å². The van der Waals surface area contributed by atoms with Crippen molar-refractivity contribution in [3.63, 3.8) is 0 Å². The van der Waals surface area contributed by atoms with Crippen molar-refractivity contribution < 1.29 is 9.47 Å². The molecule has 0 saturated carbocycles. The van der Waals surface area contributed by atoms with Crippen molar-refractivity contribution in [2.45, 2.75) is 19.8 Å². The van der Waals surface area contributed by atoms with Gasteiger partial charge in [0.2, 0.25) is 0 Å². The molecule has 1 aliphatic heterocycles. The van der Waals surface area contributed by atoms with Gasteiger partial charge in [0.25, 0.3) is 0 Å². The third-order valence-corrected chi connectivity index (χ3v) is 4.14. The number of methoxy groups -OCH3 is 1. The van der Waals surface area contributed by atoms with Crippen LogP contribution in [0.1, 0.15) is 18.1 Å². The first-order valence-electron chi connectivity index (χ1n) is 7.35. The monoisotopic (exact) mass is 309 g/mol. The van der Waals surface area contributed by atoms with Gasteiger partial charge < -0.3 is 14.8 Å². The molecule has 0 aromatic heterocycles. The molecule has 2 rings (SSSR count). The fourth-order valence-corrected chi connectivity index (χ4v) is 2.93. The Hall–Kier alpha value is -1.03. The van der Waals surface area contributed by atoms with Crippen LogP contribution in [0.3, 0.4) is 0 Å². The number of halogens is 1. The quantitative estimate of drug-likeness (QED) is 0.591. The zero-order valence-electron chi connectivity index (χ0n) is 12.9. The first-order valence-corrected chi connectivity index (χ1v) is 7.73. The van der Waals surface area contributed by atoms with E-state index >= 15 is 0 Å². The van der Waals surface area contributed by atoms with Crippen LogP contribution in [-0.2, 0) is 17.6 Å². The van der Waals surface area contributed by atoms with Gasteiger partial charge in [-0.15, -0.1) is 6.58 Å². The Balaban J connectivity index is 2.09. The lowest BCUT2D eigenvalue weighted by Crippen LogP contribution is -2.33. The largest absolute Gasteiger partial charge is 0.493 e. The first kappa shape index (κ1) is 16.3. The summed E-state index contributed by atoms with van der Waals surface area (Å²) in [6.45, 7) is 9.34. The molecule has 1 unspecified atom stereocenters. The Kier molecular flexibility index (Phi) is 5.68. The summed E-state index contributed by atoms with van der Waals surface area (Å²) in [6.07, 6.45) is 3.81. The molecule has 0 spiro atoms. The third-order valence-electron chi connectivity index (χ3n) is 3.92. The highest BCUT2D eigenvalue weighted by Crippen LogP contribution is 2.36. The highest BCUT2D eigenvalue weighted by Gasteiger charge is 2.25. The van der Waals surface area contributed by atoms with Crippen LogP contribution in [0, 0.1) is 5.41 Å². The van der Waals surface area contributed by atoms with E-state index in [0.29, 0.717) is 6.61 Å². The summed E-state index contributed by atoms with van der Waals surface area (Å²) in [4.78, 5) is 0. The molecular formula is C17H24ClNO2.